The summed E-state index contributed by atoms with van der Waals surface area (Å²) in [6, 6.07) is 8.26. The predicted molar refractivity (Wildman–Crippen MR) is 77.1 cm³/mol. The molecule has 2 N–H and O–H groups in total. The minimum Gasteiger partial charge on any atom is -0.340 e. The summed E-state index contributed by atoms with van der Waals surface area (Å²) in [4.78, 5) is 4.33. The highest BCUT2D eigenvalue weighted by atomic mass is 35.5. The Morgan fingerprint density at radius 1 is 1.32 bits per heavy atom. The fraction of sp³-hybridized carbons (Fsp3) is 0.214. The molecule has 0 saturated heterocycles. The number of hydrogen-bond acceptors (Lipinski definition) is 2. The largest absolute Gasteiger partial charge is 0.340 e. The zero-order chi connectivity index (χ0) is 13.4. The number of imidazole rings is 1. The molecular weight excluding hydrogens is 260 g/mol. The van der Waals surface area contributed by atoms with E-state index < -0.39 is 0 Å². The van der Waals surface area contributed by atoms with E-state index in [4.69, 9.17) is 17.3 Å². The van der Waals surface area contributed by atoms with Crippen LogP contribution >= 0.6 is 11.6 Å². The summed E-state index contributed by atoms with van der Waals surface area (Å²) in [5, 5.41) is 1.84. The monoisotopic (exact) mass is 274 g/mol. The topological polar surface area (TPSA) is 48.8 Å². The van der Waals surface area contributed by atoms with Crippen molar-refractivity contribution in [3.05, 3.63) is 53.2 Å². The average molecular weight is 275 g/mol. The molecule has 0 amide bonds. The fourth-order valence-corrected chi connectivity index (χ4v) is 2.49. The molecule has 0 saturated carbocycles. The van der Waals surface area contributed by atoms with Crippen molar-refractivity contribution in [1.29, 1.82) is 0 Å². The van der Waals surface area contributed by atoms with Crippen molar-refractivity contribution in [2.24, 2.45) is 12.8 Å². The van der Waals surface area contributed by atoms with E-state index in [0.29, 0.717) is 18.2 Å². The summed E-state index contributed by atoms with van der Waals surface area (Å²) in [6.07, 6.45) is 3.76. The van der Waals surface area contributed by atoms with Crippen molar-refractivity contribution in [3.8, 4) is 0 Å². The Kier molecular flexibility index (Phi) is 3.05. The first-order chi connectivity index (χ1) is 9.20. The highest BCUT2D eigenvalue weighted by molar-refractivity contribution is 6.29. The molecule has 0 fully saturated rings. The third-order valence-electron chi connectivity index (χ3n) is 3.43. The second kappa shape index (κ2) is 4.72. The molecule has 0 radical (unpaired) electrons. The molecule has 98 valence electrons. The van der Waals surface area contributed by atoms with Gasteiger partial charge in [-0.3, -0.25) is 0 Å². The SMILES string of the molecule is Cn1c(Cl)cnc1Cn1cc(CN)c2ccccc21. The summed E-state index contributed by atoms with van der Waals surface area (Å²) in [6.45, 7) is 1.22. The second-order valence-electron chi connectivity index (χ2n) is 4.56. The summed E-state index contributed by atoms with van der Waals surface area (Å²) in [7, 11) is 1.92. The van der Waals surface area contributed by atoms with Crippen LogP contribution in [0, 0.1) is 0 Å². The van der Waals surface area contributed by atoms with Crippen LogP contribution in [0.5, 0.6) is 0 Å². The van der Waals surface area contributed by atoms with Crippen molar-refractivity contribution in [3.63, 3.8) is 0 Å². The van der Waals surface area contributed by atoms with E-state index >= 15 is 0 Å². The molecule has 0 aliphatic rings. The third-order valence-corrected chi connectivity index (χ3v) is 3.78. The van der Waals surface area contributed by atoms with Gasteiger partial charge in [-0.25, -0.2) is 4.98 Å². The summed E-state index contributed by atoms with van der Waals surface area (Å²) in [5.74, 6) is 0.925. The number of rotatable bonds is 3. The van der Waals surface area contributed by atoms with Crippen LogP contribution in [-0.4, -0.2) is 14.1 Å². The second-order valence-corrected chi connectivity index (χ2v) is 4.95. The Balaban J connectivity index is 2.08. The van der Waals surface area contributed by atoms with Gasteiger partial charge in [-0.15, -0.1) is 0 Å². The van der Waals surface area contributed by atoms with Gasteiger partial charge in [-0.2, -0.15) is 0 Å². The number of fused-ring (bicyclic) bond motifs is 1. The smallest absolute Gasteiger partial charge is 0.129 e. The third kappa shape index (κ3) is 2.03. The maximum absolute atomic E-state index is 6.02. The Morgan fingerprint density at radius 2 is 2.11 bits per heavy atom. The average Bonchev–Trinajstić information content (AvgIpc) is 2.95. The van der Waals surface area contributed by atoms with Gasteiger partial charge in [0.15, 0.2) is 0 Å². The lowest BCUT2D eigenvalue weighted by molar-refractivity contribution is 0.716. The van der Waals surface area contributed by atoms with Crippen LogP contribution in [-0.2, 0) is 20.1 Å². The molecule has 0 spiro atoms. The number of halogens is 1. The standard InChI is InChI=1S/C14H15ClN4/c1-18-13(15)7-17-14(18)9-19-8-10(6-16)11-4-2-3-5-12(11)19/h2-5,7-8H,6,9,16H2,1H3. The van der Waals surface area contributed by atoms with Crippen molar-refractivity contribution >= 4 is 22.5 Å². The Morgan fingerprint density at radius 3 is 2.79 bits per heavy atom. The molecule has 3 rings (SSSR count). The van der Waals surface area contributed by atoms with Gasteiger partial charge >= 0.3 is 0 Å². The lowest BCUT2D eigenvalue weighted by Gasteiger charge is -2.05. The van der Waals surface area contributed by atoms with E-state index in [1.54, 1.807) is 6.20 Å². The van der Waals surface area contributed by atoms with Gasteiger partial charge in [0.25, 0.3) is 0 Å². The van der Waals surface area contributed by atoms with Crippen LogP contribution in [0.4, 0.5) is 0 Å². The summed E-state index contributed by atoms with van der Waals surface area (Å²) < 4.78 is 4.05. The first kappa shape index (κ1) is 12.3. The molecule has 19 heavy (non-hydrogen) atoms. The number of para-hydroxylation sites is 1. The zero-order valence-corrected chi connectivity index (χ0v) is 11.4. The van der Waals surface area contributed by atoms with Gasteiger partial charge in [-0.1, -0.05) is 29.8 Å². The lowest BCUT2D eigenvalue weighted by atomic mass is 10.2. The van der Waals surface area contributed by atoms with E-state index in [-0.39, 0.29) is 0 Å². The fourth-order valence-electron chi connectivity index (χ4n) is 2.34. The molecule has 1 aromatic carbocycles. The van der Waals surface area contributed by atoms with Gasteiger partial charge in [0.1, 0.15) is 11.0 Å². The normalized spacial score (nSPS) is 11.3. The van der Waals surface area contributed by atoms with Crippen LogP contribution in [0.1, 0.15) is 11.4 Å². The molecule has 0 aliphatic heterocycles. The molecule has 2 aromatic heterocycles. The highest BCUT2D eigenvalue weighted by Crippen LogP contribution is 2.22. The maximum Gasteiger partial charge on any atom is 0.129 e. The van der Waals surface area contributed by atoms with E-state index in [1.807, 2.05) is 23.7 Å². The summed E-state index contributed by atoms with van der Waals surface area (Å²) >= 11 is 6.02. The molecule has 0 bridgehead atoms. The summed E-state index contributed by atoms with van der Waals surface area (Å²) in [5.41, 5.74) is 8.12. The van der Waals surface area contributed by atoms with Gasteiger partial charge < -0.3 is 14.9 Å². The van der Waals surface area contributed by atoms with Crippen molar-refractivity contribution in [2.75, 3.05) is 0 Å². The number of nitrogens with two attached hydrogens (primary N) is 1. The predicted octanol–water partition coefficient (Wildman–Crippen LogP) is 2.54. The molecule has 3 aromatic rings. The Labute approximate surface area is 116 Å². The molecule has 0 atom stereocenters. The van der Waals surface area contributed by atoms with Crippen molar-refractivity contribution in [2.45, 2.75) is 13.1 Å². The first-order valence-corrected chi connectivity index (χ1v) is 6.51. The number of nitrogens with zero attached hydrogens (tertiary/aromatic N) is 3. The minimum atomic E-state index is 0.537. The highest BCUT2D eigenvalue weighted by Gasteiger charge is 2.10. The zero-order valence-electron chi connectivity index (χ0n) is 10.7. The van der Waals surface area contributed by atoms with Gasteiger partial charge in [0.05, 0.1) is 12.7 Å². The quantitative estimate of drug-likeness (QED) is 0.798. The molecule has 0 unspecified atom stereocenters. The van der Waals surface area contributed by atoms with Crippen LogP contribution < -0.4 is 5.73 Å². The minimum absolute atomic E-state index is 0.537. The molecular formula is C14H15ClN4. The van der Waals surface area contributed by atoms with Gasteiger partial charge in [0, 0.05) is 30.7 Å². The number of aromatic nitrogens is 3. The van der Waals surface area contributed by atoms with E-state index in [9.17, 15) is 0 Å². The molecule has 2 heterocycles. The van der Waals surface area contributed by atoms with Crippen molar-refractivity contribution < 1.29 is 0 Å². The molecule has 5 heteroatoms. The molecule has 0 aliphatic carbocycles. The van der Waals surface area contributed by atoms with Crippen LogP contribution in [0.25, 0.3) is 10.9 Å². The van der Waals surface area contributed by atoms with Crippen LogP contribution in [0.3, 0.4) is 0 Å². The Hall–Kier alpha value is -1.78. The van der Waals surface area contributed by atoms with Crippen LogP contribution in [0.15, 0.2) is 36.7 Å². The number of hydrogen-bond donors (Lipinski definition) is 1. The number of benzene rings is 1. The van der Waals surface area contributed by atoms with Gasteiger partial charge in [0.2, 0.25) is 0 Å². The van der Waals surface area contributed by atoms with E-state index in [2.05, 4.69) is 27.9 Å². The molecule has 4 nitrogen and oxygen atoms in total. The first-order valence-electron chi connectivity index (χ1n) is 6.13. The van der Waals surface area contributed by atoms with Crippen LogP contribution in [0.2, 0.25) is 5.15 Å². The maximum atomic E-state index is 6.02. The van der Waals surface area contributed by atoms with Crippen molar-refractivity contribution in [1.82, 2.24) is 14.1 Å². The van der Waals surface area contributed by atoms with E-state index in [1.165, 1.54) is 10.9 Å². The van der Waals surface area contributed by atoms with Gasteiger partial charge in [-0.05, 0) is 11.6 Å². The Bertz CT molecular complexity index is 726. The lowest BCUT2D eigenvalue weighted by Crippen LogP contribution is -2.05. The van der Waals surface area contributed by atoms with E-state index in [0.717, 1.165) is 11.4 Å².